The highest BCUT2D eigenvalue weighted by molar-refractivity contribution is 5.93. The molecule has 0 saturated heterocycles. The highest BCUT2D eigenvalue weighted by Crippen LogP contribution is 2.25. The third-order valence-corrected chi connectivity index (χ3v) is 3.89. The van der Waals surface area contributed by atoms with Crippen LogP contribution in [0.5, 0.6) is 0 Å². The van der Waals surface area contributed by atoms with E-state index in [4.69, 9.17) is 5.21 Å². The van der Waals surface area contributed by atoms with Gasteiger partial charge in [-0.1, -0.05) is 11.2 Å². The summed E-state index contributed by atoms with van der Waals surface area (Å²) >= 11 is 0. The van der Waals surface area contributed by atoms with Crippen LogP contribution in [0.1, 0.15) is 42.5 Å². The first-order chi connectivity index (χ1) is 11.1. The summed E-state index contributed by atoms with van der Waals surface area (Å²) in [6.07, 6.45) is 7.15. The quantitative estimate of drug-likeness (QED) is 0.251. The lowest BCUT2D eigenvalue weighted by Crippen LogP contribution is -2.30. The Kier molecular flexibility index (Phi) is 5.90. The van der Waals surface area contributed by atoms with Gasteiger partial charge in [-0.05, 0) is 43.4 Å². The first-order valence-corrected chi connectivity index (χ1v) is 7.60. The number of hydrogen-bond donors (Lipinski definition) is 3. The van der Waals surface area contributed by atoms with Crippen molar-refractivity contribution in [1.29, 1.82) is 0 Å². The number of rotatable bonds is 5. The molecule has 1 atom stereocenters. The van der Waals surface area contributed by atoms with E-state index < -0.39 is 6.04 Å². The summed E-state index contributed by atoms with van der Waals surface area (Å²) in [7, 11) is 0. The van der Waals surface area contributed by atoms with Crippen molar-refractivity contribution in [2.75, 3.05) is 6.54 Å². The molecular formula is C15H20N4O4. The topological polar surface area (TPSA) is 121 Å². The minimum atomic E-state index is -0.581. The minimum Gasteiger partial charge on any atom is -0.409 e. The van der Waals surface area contributed by atoms with Crippen molar-refractivity contribution in [1.82, 2.24) is 10.3 Å². The van der Waals surface area contributed by atoms with Crippen molar-refractivity contribution in [3.63, 3.8) is 0 Å². The van der Waals surface area contributed by atoms with Crippen molar-refractivity contribution in [3.05, 3.63) is 51.1 Å². The van der Waals surface area contributed by atoms with Gasteiger partial charge >= 0.3 is 0 Å². The van der Waals surface area contributed by atoms with Gasteiger partial charge in [-0.15, -0.1) is 0 Å². The molecule has 1 fully saturated rings. The number of aromatic amines is 1. The van der Waals surface area contributed by atoms with E-state index in [0.29, 0.717) is 19.4 Å². The molecule has 0 radical (unpaired) electrons. The average molecular weight is 320 g/mol. The summed E-state index contributed by atoms with van der Waals surface area (Å²) in [5.74, 6) is -0.359. The average Bonchev–Trinajstić information content (AvgIpc) is 2.58. The molecule has 0 aromatic carbocycles. The van der Waals surface area contributed by atoms with Crippen LogP contribution in [-0.4, -0.2) is 33.6 Å². The van der Waals surface area contributed by atoms with Gasteiger partial charge < -0.3 is 15.5 Å². The molecule has 1 aromatic rings. The van der Waals surface area contributed by atoms with Crippen LogP contribution < -0.4 is 10.8 Å². The van der Waals surface area contributed by atoms with Crippen LogP contribution in [0.25, 0.3) is 0 Å². The summed E-state index contributed by atoms with van der Waals surface area (Å²) < 4.78 is 0. The SMILES string of the molecule is O=C(NCCC=C1CCCCC1[N+](=O)[O-])c1ccc[nH]c1=NO. The van der Waals surface area contributed by atoms with Crippen LogP contribution in [0, 0.1) is 10.1 Å². The number of aromatic nitrogens is 1. The van der Waals surface area contributed by atoms with Crippen LogP contribution in [0.2, 0.25) is 0 Å². The number of hydrogen-bond acceptors (Lipinski definition) is 5. The summed E-state index contributed by atoms with van der Waals surface area (Å²) in [6, 6.07) is 2.60. The standard InChI is InChI=1S/C15H20N4O4/c20-15(12-7-4-9-16-14(12)18-21)17-10-3-6-11-5-1-2-8-13(11)19(22)23/h4,6-7,9,13,21H,1-3,5,8,10H2,(H,16,18)(H,17,20). The van der Waals surface area contributed by atoms with E-state index in [1.165, 1.54) is 0 Å². The number of nitro groups is 1. The van der Waals surface area contributed by atoms with Gasteiger partial charge in [0.25, 0.3) is 5.91 Å². The Bertz CT molecular complexity index is 665. The summed E-state index contributed by atoms with van der Waals surface area (Å²) in [6.45, 7) is 0.368. The van der Waals surface area contributed by atoms with Gasteiger partial charge in [0.05, 0.1) is 5.56 Å². The largest absolute Gasteiger partial charge is 0.409 e. The Labute approximate surface area is 133 Å². The molecule has 1 unspecified atom stereocenters. The van der Waals surface area contributed by atoms with Crippen LogP contribution in [0.3, 0.4) is 0 Å². The third-order valence-electron chi connectivity index (χ3n) is 3.89. The fourth-order valence-electron chi connectivity index (χ4n) is 2.73. The minimum absolute atomic E-state index is 0.0871. The van der Waals surface area contributed by atoms with E-state index in [-0.39, 0.29) is 21.9 Å². The molecule has 0 aliphatic heterocycles. The van der Waals surface area contributed by atoms with Crippen LogP contribution in [0.15, 0.2) is 35.1 Å². The van der Waals surface area contributed by atoms with Gasteiger partial charge in [-0.2, -0.15) is 0 Å². The molecule has 8 heteroatoms. The molecule has 124 valence electrons. The molecule has 1 saturated carbocycles. The molecule has 0 bridgehead atoms. The van der Waals surface area contributed by atoms with Crippen LogP contribution >= 0.6 is 0 Å². The molecule has 3 N–H and O–H groups in total. The zero-order valence-electron chi connectivity index (χ0n) is 12.7. The third kappa shape index (κ3) is 4.41. The maximum atomic E-state index is 12.0. The number of carbonyl (C=O) groups excluding carboxylic acids is 1. The highest BCUT2D eigenvalue weighted by Gasteiger charge is 2.27. The lowest BCUT2D eigenvalue weighted by atomic mass is 9.89. The van der Waals surface area contributed by atoms with E-state index in [1.807, 2.05) is 6.08 Å². The number of pyridine rings is 1. The lowest BCUT2D eigenvalue weighted by Gasteiger charge is -2.18. The van der Waals surface area contributed by atoms with E-state index in [9.17, 15) is 14.9 Å². The van der Waals surface area contributed by atoms with Gasteiger partial charge in [0.1, 0.15) is 0 Å². The molecule has 0 spiro atoms. The first-order valence-electron chi connectivity index (χ1n) is 7.60. The molecule has 2 rings (SSSR count). The molecule has 1 aliphatic carbocycles. The van der Waals surface area contributed by atoms with Crippen LogP contribution in [0.4, 0.5) is 0 Å². The number of carbonyl (C=O) groups is 1. The Morgan fingerprint density at radius 2 is 2.39 bits per heavy atom. The predicted octanol–water partition coefficient (Wildman–Crippen LogP) is 1.57. The molecule has 1 amide bonds. The van der Waals surface area contributed by atoms with Crippen LogP contribution in [-0.2, 0) is 0 Å². The Hall–Kier alpha value is -2.64. The second-order valence-corrected chi connectivity index (χ2v) is 5.40. The zero-order chi connectivity index (χ0) is 16.7. The van der Waals surface area contributed by atoms with Crippen molar-refractivity contribution in [2.45, 2.75) is 38.1 Å². The molecule has 23 heavy (non-hydrogen) atoms. The van der Waals surface area contributed by atoms with Gasteiger partial charge in [-0.25, -0.2) is 0 Å². The maximum absolute atomic E-state index is 12.0. The monoisotopic (exact) mass is 320 g/mol. The maximum Gasteiger partial charge on any atom is 0.255 e. The van der Waals surface area contributed by atoms with Crippen molar-refractivity contribution in [3.8, 4) is 0 Å². The molecule has 8 nitrogen and oxygen atoms in total. The molecule has 1 heterocycles. The predicted molar refractivity (Wildman–Crippen MR) is 82.4 cm³/mol. The zero-order valence-corrected chi connectivity index (χ0v) is 12.7. The number of amides is 1. The van der Waals surface area contributed by atoms with Crippen molar-refractivity contribution in [2.24, 2.45) is 5.16 Å². The van der Waals surface area contributed by atoms with E-state index >= 15 is 0 Å². The van der Waals surface area contributed by atoms with E-state index in [2.05, 4.69) is 15.5 Å². The molecular weight excluding hydrogens is 300 g/mol. The Morgan fingerprint density at radius 3 is 3.13 bits per heavy atom. The summed E-state index contributed by atoms with van der Waals surface area (Å²) in [5, 5.41) is 25.6. The number of H-pyrrole nitrogens is 1. The van der Waals surface area contributed by atoms with E-state index in [1.54, 1.807) is 18.3 Å². The fourth-order valence-corrected chi connectivity index (χ4v) is 2.73. The van der Waals surface area contributed by atoms with Gasteiger partial charge in [0.15, 0.2) is 5.49 Å². The summed E-state index contributed by atoms with van der Waals surface area (Å²) in [5.41, 5.74) is 1.18. The molecule has 1 aromatic heterocycles. The first kappa shape index (κ1) is 16.7. The number of nitrogens with one attached hydrogen (secondary N) is 2. The normalized spacial score (nSPS) is 20.4. The van der Waals surface area contributed by atoms with Crippen molar-refractivity contribution >= 4 is 5.91 Å². The second kappa shape index (κ2) is 8.11. The smallest absolute Gasteiger partial charge is 0.255 e. The summed E-state index contributed by atoms with van der Waals surface area (Å²) in [4.78, 5) is 25.5. The van der Waals surface area contributed by atoms with Gasteiger partial charge in [0, 0.05) is 24.1 Å². The molecule has 1 aliphatic rings. The lowest BCUT2D eigenvalue weighted by molar-refractivity contribution is -0.514. The Morgan fingerprint density at radius 1 is 1.57 bits per heavy atom. The van der Waals surface area contributed by atoms with Gasteiger partial charge in [0.2, 0.25) is 6.04 Å². The van der Waals surface area contributed by atoms with E-state index in [0.717, 1.165) is 24.8 Å². The fraction of sp³-hybridized carbons (Fsp3) is 0.467. The number of nitrogens with zero attached hydrogens (tertiary/aromatic N) is 2. The van der Waals surface area contributed by atoms with Gasteiger partial charge in [-0.3, -0.25) is 14.9 Å². The van der Waals surface area contributed by atoms with Crippen molar-refractivity contribution < 1.29 is 14.9 Å². The highest BCUT2D eigenvalue weighted by atomic mass is 16.6. The second-order valence-electron chi connectivity index (χ2n) is 5.40. The Balaban J connectivity index is 1.90.